The van der Waals surface area contributed by atoms with Gasteiger partial charge in [-0.1, -0.05) is 37.6 Å². The summed E-state index contributed by atoms with van der Waals surface area (Å²) in [5.74, 6) is 1.21. The first-order valence-corrected chi connectivity index (χ1v) is 10.2. The van der Waals surface area contributed by atoms with Gasteiger partial charge in [-0.15, -0.1) is 0 Å². The Bertz CT molecular complexity index is 570. The number of likely N-dealkylation sites (tertiary alicyclic amines) is 1. The maximum Gasteiger partial charge on any atom is 0.226 e. The number of carbonyl (C=O) groups is 1. The average Bonchev–Trinajstić information content (AvgIpc) is 3.44. The first kappa shape index (κ1) is 18.7. The van der Waals surface area contributed by atoms with Gasteiger partial charge in [0.15, 0.2) is 0 Å². The summed E-state index contributed by atoms with van der Waals surface area (Å²) >= 11 is 6.05. The second kappa shape index (κ2) is 8.55. The van der Waals surface area contributed by atoms with E-state index in [1.54, 1.807) is 0 Å². The number of hydrogen-bond donors (Lipinski definition) is 0. The Morgan fingerprint density at radius 1 is 1.16 bits per heavy atom. The van der Waals surface area contributed by atoms with Gasteiger partial charge in [-0.05, 0) is 62.1 Å². The van der Waals surface area contributed by atoms with Crippen molar-refractivity contribution >= 4 is 17.5 Å². The molecule has 1 saturated carbocycles. The molecule has 0 spiro atoms. The minimum atomic E-state index is 0.141. The van der Waals surface area contributed by atoms with Gasteiger partial charge >= 0.3 is 0 Å². The third-order valence-electron chi connectivity index (χ3n) is 5.70. The smallest absolute Gasteiger partial charge is 0.226 e. The number of amides is 1. The Morgan fingerprint density at radius 2 is 1.88 bits per heavy atom. The van der Waals surface area contributed by atoms with Crippen LogP contribution >= 0.6 is 11.6 Å². The van der Waals surface area contributed by atoms with Gasteiger partial charge in [0.2, 0.25) is 5.91 Å². The van der Waals surface area contributed by atoms with E-state index in [1.165, 1.54) is 18.4 Å². The molecular formula is C21H30ClNO2. The predicted octanol–water partition coefficient (Wildman–Crippen LogP) is 5.23. The summed E-state index contributed by atoms with van der Waals surface area (Å²) in [4.78, 5) is 15.3. The van der Waals surface area contributed by atoms with Crippen LogP contribution in [0.5, 0.6) is 0 Å². The Kier molecular flexibility index (Phi) is 6.40. The van der Waals surface area contributed by atoms with Gasteiger partial charge in [-0.3, -0.25) is 4.79 Å². The van der Waals surface area contributed by atoms with Gasteiger partial charge in [0.25, 0.3) is 0 Å². The molecule has 1 heterocycles. The van der Waals surface area contributed by atoms with Crippen LogP contribution < -0.4 is 0 Å². The Labute approximate surface area is 156 Å². The molecule has 25 heavy (non-hydrogen) atoms. The third kappa shape index (κ3) is 4.57. The number of hydrogen-bond acceptors (Lipinski definition) is 2. The molecule has 4 heteroatoms. The monoisotopic (exact) mass is 363 g/mol. The zero-order chi connectivity index (χ0) is 17.8. The fraction of sp³-hybridized carbons (Fsp3) is 0.667. The van der Waals surface area contributed by atoms with Gasteiger partial charge in [0.05, 0.1) is 18.7 Å². The molecule has 2 fully saturated rings. The van der Waals surface area contributed by atoms with Crippen molar-refractivity contribution in [1.82, 2.24) is 4.90 Å². The third-order valence-corrected chi connectivity index (χ3v) is 5.95. The molecule has 3 unspecified atom stereocenters. The molecule has 3 nitrogen and oxygen atoms in total. The highest BCUT2D eigenvalue weighted by molar-refractivity contribution is 6.30. The van der Waals surface area contributed by atoms with Crippen LogP contribution in [0.4, 0.5) is 0 Å². The van der Waals surface area contributed by atoms with Crippen molar-refractivity contribution in [2.24, 2.45) is 11.8 Å². The summed E-state index contributed by atoms with van der Waals surface area (Å²) in [7, 11) is 0. The van der Waals surface area contributed by atoms with E-state index in [1.807, 2.05) is 12.1 Å². The molecule has 1 saturated heterocycles. The number of ether oxygens (including phenoxy) is 1. The molecule has 1 aliphatic heterocycles. The minimum absolute atomic E-state index is 0.141. The fourth-order valence-electron chi connectivity index (χ4n) is 3.86. The summed E-state index contributed by atoms with van der Waals surface area (Å²) in [6, 6.07) is 8.28. The van der Waals surface area contributed by atoms with E-state index in [0.717, 1.165) is 43.2 Å². The van der Waals surface area contributed by atoms with Crippen LogP contribution in [-0.4, -0.2) is 30.1 Å². The second-order valence-corrected chi connectivity index (χ2v) is 7.97. The van der Waals surface area contributed by atoms with E-state index in [9.17, 15) is 4.79 Å². The van der Waals surface area contributed by atoms with Crippen molar-refractivity contribution in [3.63, 3.8) is 0 Å². The quantitative estimate of drug-likeness (QED) is 0.632. The zero-order valence-electron chi connectivity index (χ0n) is 15.4. The van der Waals surface area contributed by atoms with Crippen LogP contribution in [0.1, 0.15) is 64.0 Å². The van der Waals surface area contributed by atoms with E-state index >= 15 is 0 Å². The lowest BCUT2D eigenvalue weighted by Crippen LogP contribution is -2.50. The lowest BCUT2D eigenvalue weighted by Gasteiger charge is -2.44. The maximum absolute atomic E-state index is 13.2. The molecule has 2 aliphatic rings. The Balaban J connectivity index is 1.78. The number of nitrogens with zero attached hydrogens (tertiary/aromatic N) is 1. The molecule has 3 rings (SSSR count). The molecular weight excluding hydrogens is 334 g/mol. The topological polar surface area (TPSA) is 29.5 Å². The van der Waals surface area contributed by atoms with E-state index in [-0.39, 0.29) is 18.0 Å². The van der Waals surface area contributed by atoms with E-state index in [0.29, 0.717) is 12.5 Å². The van der Waals surface area contributed by atoms with E-state index < -0.39 is 0 Å². The summed E-state index contributed by atoms with van der Waals surface area (Å²) in [6.07, 6.45) is 6.43. The standard InChI is InChI=1S/C21H30ClNO2/c1-3-16-9-12-20(17-7-10-18(22)11-8-17)23(21(16)24)19(4-2)14-25-13-15-5-6-15/h7-8,10-11,15-16,19-20H,3-6,9,12-14H2,1-2H3. The molecule has 1 amide bonds. The molecule has 1 aliphatic carbocycles. The summed E-state index contributed by atoms with van der Waals surface area (Å²) < 4.78 is 5.97. The van der Waals surface area contributed by atoms with Crippen molar-refractivity contribution in [2.45, 2.75) is 64.5 Å². The van der Waals surface area contributed by atoms with Gasteiger partial charge in [-0.25, -0.2) is 0 Å². The molecule has 138 valence electrons. The number of carbonyl (C=O) groups excluding carboxylic acids is 1. The summed E-state index contributed by atoms with van der Waals surface area (Å²) in [5, 5.41) is 0.740. The lowest BCUT2D eigenvalue weighted by molar-refractivity contribution is -0.147. The first-order valence-electron chi connectivity index (χ1n) is 9.79. The van der Waals surface area contributed by atoms with Gasteiger partial charge in [0, 0.05) is 17.5 Å². The van der Waals surface area contributed by atoms with Crippen LogP contribution in [0.25, 0.3) is 0 Å². The molecule has 0 aromatic heterocycles. The second-order valence-electron chi connectivity index (χ2n) is 7.54. The van der Waals surface area contributed by atoms with E-state index in [2.05, 4.69) is 30.9 Å². The molecule has 3 atom stereocenters. The molecule has 0 bridgehead atoms. The number of halogens is 1. The van der Waals surface area contributed by atoms with Crippen molar-refractivity contribution in [1.29, 1.82) is 0 Å². The Hall–Kier alpha value is -1.06. The van der Waals surface area contributed by atoms with Crippen LogP contribution in [0, 0.1) is 11.8 Å². The average molecular weight is 364 g/mol. The predicted molar refractivity (Wildman–Crippen MR) is 102 cm³/mol. The highest BCUT2D eigenvalue weighted by atomic mass is 35.5. The van der Waals surface area contributed by atoms with Crippen LogP contribution in [0.3, 0.4) is 0 Å². The van der Waals surface area contributed by atoms with Crippen molar-refractivity contribution in [3.8, 4) is 0 Å². The number of piperidine rings is 1. The lowest BCUT2D eigenvalue weighted by atomic mass is 9.85. The molecule has 1 aromatic carbocycles. The highest BCUT2D eigenvalue weighted by Gasteiger charge is 2.38. The van der Waals surface area contributed by atoms with Crippen LogP contribution in [0.15, 0.2) is 24.3 Å². The van der Waals surface area contributed by atoms with E-state index in [4.69, 9.17) is 16.3 Å². The van der Waals surface area contributed by atoms with Crippen molar-refractivity contribution in [2.75, 3.05) is 13.2 Å². The minimum Gasteiger partial charge on any atom is -0.379 e. The van der Waals surface area contributed by atoms with Gasteiger partial charge in [0.1, 0.15) is 0 Å². The molecule has 1 aromatic rings. The fourth-order valence-corrected chi connectivity index (χ4v) is 3.99. The van der Waals surface area contributed by atoms with Crippen molar-refractivity contribution < 1.29 is 9.53 Å². The summed E-state index contributed by atoms with van der Waals surface area (Å²) in [6.45, 7) is 5.78. The largest absolute Gasteiger partial charge is 0.379 e. The SMILES string of the molecule is CCC1CCC(c2ccc(Cl)cc2)N(C(CC)COCC2CC2)C1=O. The maximum atomic E-state index is 13.2. The first-order chi connectivity index (χ1) is 12.1. The highest BCUT2D eigenvalue weighted by Crippen LogP contribution is 2.38. The normalized spacial score (nSPS) is 25.2. The zero-order valence-corrected chi connectivity index (χ0v) is 16.2. The number of rotatable bonds is 8. The molecule has 0 N–H and O–H groups in total. The van der Waals surface area contributed by atoms with Gasteiger partial charge in [-0.2, -0.15) is 0 Å². The molecule has 0 radical (unpaired) electrons. The van der Waals surface area contributed by atoms with Gasteiger partial charge < -0.3 is 9.64 Å². The summed E-state index contributed by atoms with van der Waals surface area (Å²) in [5.41, 5.74) is 1.19. The van der Waals surface area contributed by atoms with Crippen LogP contribution in [-0.2, 0) is 9.53 Å². The van der Waals surface area contributed by atoms with Crippen molar-refractivity contribution in [3.05, 3.63) is 34.9 Å². The Morgan fingerprint density at radius 3 is 2.48 bits per heavy atom. The van der Waals surface area contributed by atoms with Crippen LogP contribution in [0.2, 0.25) is 5.02 Å². The number of benzene rings is 1.